The second-order valence-electron chi connectivity index (χ2n) is 4.79. The first-order valence-corrected chi connectivity index (χ1v) is 6.45. The van der Waals surface area contributed by atoms with Crippen LogP contribution < -0.4 is 5.32 Å². The number of carbonyl (C=O) groups excluding carboxylic acids is 1. The first kappa shape index (κ1) is 14.9. The fraction of sp³-hybridized carbons (Fsp3) is 0.533. The average Bonchev–Trinajstić information content (AvgIpc) is 2.38. The van der Waals surface area contributed by atoms with Crippen molar-refractivity contribution in [2.45, 2.75) is 32.9 Å². The van der Waals surface area contributed by atoms with Gasteiger partial charge in [0.25, 0.3) is 0 Å². The molecule has 0 amide bonds. The monoisotopic (exact) mass is 249 g/mol. The smallest absolute Gasteiger partial charge is 0.149 e. The van der Waals surface area contributed by atoms with Crippen molar-refractivity contribution in [3.63, 3.8) is 0 Å². The van der Waals surface area contributed by atoms with Crippen LogP contribution in [0.3, 0.4) is 0 Å². The van der Waals surface area contributed by atoms with Crippen LogP contribution in [-0.4, -0.2) is 25.5 Å². The van der Waals surface area contributed by atoms with Gasteiger partial charge in [0, 0.05) is 13.0 Å². The lowest BCUT2D eigenvalue weighted by Crippen LogP contribution is -2.32. The van der Waals surface area contributed by atoms with Crippen LogP contribution in [0.2, 0.25) is 0 Å². The summed E-state index contributed by atoms with van der Waals surface area (Å²) in [6.07, 6.45) is 0.566. The summed E-state index contributed by atoms with van der Waals surface area (Å²) in [5.74, 6) is 0.505. The molecular weight excluding hydrogens is 226 g/mol. The Kier molecular flexibility index (Phi) is 6.61. The van der Waals surface area contributed by atoms with E-state index in [1.807, 2.05) is 44.2 Å². The number of benzene rings is 1. The Morgan fingerprint density at radius 2 is 1.94 bits per heavy atom. The summed E-state index contributed by atoms with van der Waals surface area (Å²) in [7, 11) is 1.80. The van der Waals surface area contributed by atoms with Crippen LogP contribution >= 0.6 is 0 Å². The lowest BCUT2D eigenvalue weighted by molar-refractivity contribution is -0.121. The van der Waals surface area contributed by atoms with Crippen LogP contribution in [0.25, 0.3) is 0 Å². The maximum atomic E-state index is 11.7. The van der Waals surface area contributed by atoms with Crippen LogP contribution in [0.15, 0.2) is 30.3 Å². The Balaban J connectivity index is 2.21. The zero-order valence-corrected chi connectivity index (χ0v) is 11.5. The molecule has 1 rings (SSSR count). The number of ketones is 1. The average molecular weight is 249 g/mol. The van der Waals surface area contributed by atoms with E-state index in [1.165, 1.54) is 5.56 Å². The molecule has 0 saturated carbocycles. The van der Waals surface area contributed by atoms with Crippen molar-refractivity contribution in [2.75, 3.05) is 13.7 Å². The lowest BCUT2D eigenvalue weighted by atomic mass is 10.0. The second-order valence-corrected chi connectivity index (χ2v) is 4.79. The highest BCUT2D eigenvalue weighted by atomic mass is 16.5. The number of hydrogen-bond donors (Lipinski definition) is 1. The Hall–Kier alpha value is -1.19. The van der Waals surface area contributed by atoms with Gasteiger partial charge in [-0.25, -0.2) is 0 Å². The van der Waals surface area contributed by atoms with Gasteiger partial charge in [0.1, 0.15) is 5.78 Å². The normalized spacial score (nSPS) is 14.2. The number of ether oxygens (including phenoxy) is 1. The minimum absolute atomic E-state index is 0.0680. The second kappa shape index (κ2) is 8.01. The highest BCUT2D eigenvalue weighted by Gasteiger charge is 2.14. The molecule has 0 aliphatic carbocycles. The topological polar surface area (TPSA) is 38.3 Å². The summed E-state index contributed by atoms with van der Waals surface area (Å²) < 4.78 is 5.62. The van der Waals surface area contributed by atoms with E-state index in [9.17, 15) is 4.79 Å². The van der Waals surface area contributed by atoms with Crippen molar-refractivity contribution in [3.8, 4) is 0 Å². The molecule has 2 unspecified atom stereocenters. The summed E-state index contributed by atoms with van der Waals surface area (Å²) >= 11 is 0. The maximum Gasteiger partial charge on any atom is 0.149 e. The van der Waals surface area contributed by atoms with Crippen LogP contribution in [-0.2, 0) is 16.1 Å². The molecule has 0 spiro atoms. The quantitative estimate of drug-likeness (QED) is 0.769. The van der Waals surface area contributed by atoms with E-state index in [0.717, 1.165) is 0 Å². The molecule has 18 heavy (non-hydrogen) atoms. The minimum atomic E-state index is -0.0680. The van der Waals surface area contributed by atoms with Crippen molar-refractivity contribution >= 4 is 5.78 Å². The Bertz CT molecular complexity index is 351. The van der Waals surface area contributed by atoms with Gasteiger partial charge in [-0.05, 0) is 25.5 Å². The van der Waals surface area contributed by atoms with Crippen LogP contribution in [0.4, 0.5) is 0 Å². The Labute approximate surface area is 110 Å². The van der Waals surface area contributed by atoms with Gasteiger partial charge in [0.2, 0.25) is 0 Å². The van der Waals surface area contributed by atoms with Gasteiger partial charge in [-0.1, -0.05) is 37.3 Å². The van der Waals surface area contributed by atoms with Crippen molar-refractivity contribution < 1.29 is 9.53 Å². The highest BCUT2D eigenvalue weighted by Crippen LogP contribution is 2.08. The summed E-state index contributed by atoms with van der Waals surface area (Å²) in [6, 6.07) is 10.0. The standard InChI is InChI=1S/C15H23NO2/c1-12(9-15(17)13(2)16-3)10-18-11-14-7-5-4-6-8-14/h4-8,12-13,16H,9-11H2,1-3H3. The molecule has 0 fully saturated rings. The van der Waals surface area contributed by atoms with E-state index in [4.69, 9.17) is 4.74 Å². The molecule has 1 aromatic rings. The van der Waals surface area contributed by atoms with Gasteiger partial charge in [-0.3, -0.25) is 4.79 Å². The maximum absolute atomic E-state index is 11.7. The molecule has 0 aromatic heterocycles. The number of rotatable bonds is 8. The minimum Gasteiger partial charge on any atom is -0.376 e. The van der Waals surface area contributed by atoms with Gasteiger partial charge < -0.3 is 10.1 Å². The first-order valence-electron chi connectivity index (χ1n) is 6.45. The van der Waals surface area contributed by atoms with Crippen LogP contribution in [0.5, 0.6) is 0 Å². The van der Waals surface area contributed by atoms with Gasteiger partial charge in [0.05, 0.1) is 12.6 Å². The molecule has 0 heterocycles. The molecule has 100 valence electrons. The van der Waals surface area contributed by atoms with E-state index in [2.05, 4.69) is 5.32 Å². The molecule has 0 aliphatic rings. The third-order valence-corrected chi connectivity index (χ3v) is 2.98. The molecule has 0 aliphatic heterocycles. The fourth-order valence-electron chi connectivity index (χ4n) is 1.69. The largest absolute Gasteiger partial charge is 0.376 e. The highest BCUT2D eigenvalue weighted by molar-refractivity contribution is 5.83. The predicted molar refractivity (Wildman–Crippen MR) is 73.4 cm³/mol. The summed E-state index contributed by atoms with van der Waals surface area (Å²) in [5, 5.41) is 2.96. The molecule has 1 aromatic carbocycles. The zero-order chi connectivity index (χ0) is 13.4. The summed E-state index contributed by atoms with van der Waals surface area (Å²) in [6.45, 7) is 5.17. The molecular formula is C15H23NO2. The molecule has 3 heteroatoms. The SMILES string of the molecule is CNC(C)C(=O)CC(C)COCc1ccccc1. The van der Waals surface area contributed by atoms with Crippen molar-refractivity contribution in [3.05, 3.63) is 35.9 Å². The number of Topliss-reactive ketones (excluding diaryl/α,β-unsaturated/α-hetero) is 1. The Morgan fingerprint density at radius 3 is 2.56 bits per heavy atom. The summed E-state index contributed by atoms with van der Waals surface area (Å²) in [5.41, 5.74) is 1.17. The lowest BCUT2D eigenvalue weighted by Gasteiger charge is -2.14. The molecule has 0 bridgehead atoms. The van der Waals surface area contributed by atoms with Gasteiger partial charge in [-0.2, -0.15) is 0 Å². The fourth-order valence-corrected chi connectivity index (χ4v) is 1.69. The van der Waals surface area contributed by atoms with E-state index < -0.39 is 0 Å². The van der Waals surface area contributed by atoms with Gasteiger partial charge in [0.15, 0.2) is 0 Å². The number of carbonyl (C=O) groups is 1. The molecule has 2 atom stereocenters. The van der Waals surface area contributed by atoms with E-state index in [0.29, 0.717) is 19.6 Å². The third kappa shape index (κ3) is 5.43. The molecule has 3 nitrogen and oxygen atoms in total. The molecule has 1 N–H and O–H groups in total. The third-order valence-electron chi connectivity index (χ3n) is 2.98. The molecule has 0 saturated heterocycles. The van der Waals surface area contributed by atoms with Gasteiger partial charge in [-0.15, -0.1) is 0 Å². The van der Waals surface area contributed by atoms with Crippen molar-refractivity contribution in [1.29, 1.82) is 0 Å². The van der Waals surface area contributed by atoms with Crippen LogP contribution in [0.1, 0.15) is 25.8 Å². The number of hydrogen-bond acceptors (Lipinski definition) is 3. The van der Waals surface area contributed by atoms with E-state index in [1.54, 1.807) is 7.05 Å². The van der Waals surface area contributed by atoms with Gasteiger partial charge >= 0.3 is 0 Å². The van der Waals surface area contributed by atoms with Crippen molar-refractivity contribution in [1.82, 2.24) is 5.32 Å². The zero-order valence-electron chi connectivity index (χ0n) is 11.5. The van der Waals surface area contributed by atoms with E-state index in [-0.39, 0.29) is 17.7 Å². The van der Waals surface area contributed by atoms with Crippen molar-refractivity contribution in [2.24, 2.45) is 5.92 Å². The summed E-state index contributed by atoms with van der Waals surface area (Å²) in [4.78, 5) is 11.7. The number of nitrogens with one attached hydrogen (secondary N) is 1. The first-order chi connectivity index (χ1) is 8.63. The predicted octanol–water partition coefficient (Wildman–Crippen LogP) is 2.41. The van der Waals surface area contributed by atoms with Crippen LogP contribution in [0, 0.1) is 5.92 Å². The number of likely N-dealkylation sites (N-methyl/N-ethyl adjacent to an activating group) is 1. The van der Waals surface area contributed by atoms with E-state index >= 15 is 0 Å². The molecule has 0 radical (unpaired) electrons. The Morgan fingerprint density at radius 1 is 1.28 bits per heavy atom.